The molecule has 0 aromatic carbocycles. The Bertz CT molecular complexity index is 196. The lowest BCUT2D eigenvalue weighted by Crippen LogP contribution is -2.40. The topological polar surface area (TPSA) is 46.3 Å². The highest BCUT2D eigenvalue weighted by Gasteiger charge is 2.24. The first-order valence-corrected chi connectivity index (χ1v) is 4.20. The van der Waals surface area contributed by atoms with Gasteiger partial charge in [-0.2, -0.15) is 0 Å². The van der Waals surface area contributed by atoms with Crippen molar-refractivity contribution >= 4 is 23.1 Å². The van der Waals surface area contributed by atoms with E-state index in [1.807, 2.05) is 20.8 Å². The minimum atomic E-state index is -0.362. The molecule has 0 saturated heterocycles. The summed E-state index contributed by atoms with van der Waals surface area (Å²) in [5.74, 6) is 0.0512. The van der Waals surface area contributed by atoms with Gasteiger partial charge in [-0.3, -0.25) is 4.79 Å². The predicted octanol–water partition coefficient (Wildman–Crippen LogP) is 0.777. The fourth-order valence-corrected chi connectivity index (χ4v) is 1.07. The highest BCUT2D eigenvalue weighted by Crippen LogP contribution is 2.15. The van der Waals surface area contributed by atoms with Gasteiger partial charge in [0.05, 0.1) is 11.5 Å². The van der Waals surface area contributed by atoms with Crippen LogP contribution in [0.15, 0.2) is 0 Å². The average Bonchev–Trinajstić information content (AvgIpc) is 1.82. The molecule has 0 heterocycles. The Balaban J connectivity index is 4.21. The van der Waals surface area contributed by atoms with Gasteiger partial charge >= 0.3 is 0 Å². The molecule has 70 valence electrons. The van der Waals surface area contributed by atoms with E-state index in [1.54, 1.807) is 11.9 Å². The summed E-state index contributed by atoms with van der Waals surface area (Å²) in [5, 5.41) is 0. The predicted molar refractivity (Wildman–Crippen MR) is 53.9 cm³/mol. The second-order valence-corrected chi connectivity index (χ2v) is 4.40. The lowest BCUT2D eigenvalue weighted by Gasteiger charge is -2.25. The van der Waals surface area contributed by atoms with Crippen molar-refractivity contribution in [2.75, 3.05) is 13.6 Å². The van der Waals surface area contributed by atoms with Gasteiger partial charge in [0.15, 0.2) is 0 Å². The first kappa shape index (κ1) is 11.4. The van der Waals surface area contributed by atoms with Gasteiger partial charge in [0.2, 0.25) is 5.91 Å². The Morgan fingerprint density at radius 2 is 1.92 bits per heavy atom. The SMILES string of the molecule is CN(CC(N)=S)C(=O)C(C)(C)C. The van der Waals surface area contributed by atoms with Crippen LogP contribution in [-0.4, -0.2) is 29.4 Å². The molecular weight excluding hydrogens is 172 g/mol. The smallest absolute Gasteiger partial charge is 0.228 e. The molecule has 0 rings (SSSR count). The summed E-state index contributed by atoms with van der Waals surface area (Å²) in [5.41, 5.74) is 4.95. The fraction of sp³-hybridized carbons (Fsp3) is 0.750. The Kier molecular flexibility index (Phi) is 3.64. The van der Waals surface area contributed by atoms with E-state index in [1.165, 1.54) is 0 Å². The molecule has 0 aliphatic carbocycles. The zero-order chi connectivity index (χ0) is 9.94. The third kappa shape index (κ3) is 3.67. The third-order valence-corrected chi connectivity index (χ3v) is 1.51. The highest BCUT2D eigenvalue weighted by molar-refractivity contribution is 7.80. The highest BCUT2D eigenvalue weighted by atomic mass is 32.1. The van der Waals surface area contributed by atoms with Crippen LogP contribution in [0.1, 0.15) is 20.8 Å². The second kappa shape index (κ2) is 3.85. The van der Waals surface area contributed by atoms with Gasteiger partial charge in [-0.25, -0.2) is 0 Å². The maximum Gasteiger partial charge on any atom is 0.228 e. The molecule has 4 heteroatoms. The Morgan fingerprint density at radius 3 is 2.17 bits per heavy atom. The van der Waals surface area contributed by atoms with Gasteiger partial charge in [-0.1, -0.05) is 33.0 Å². The number of amides is 1. The zero-order valence-corrected chi connectivity index (χ0v) is 8.86. The van der Waals surface area contributed by atoms with Crippen molar-refractivity contribution in [3.63, 3.8) is 0 Å². The number of thiocarbonyl (C=S) groups is 1. The first-order valence-electron chi connectivity index (χ1n) is 3.79. The summed E-state index contributed by atoms with van der Waals surface area (Å²) in [6, 6.07) is 0. The number of likely N-dealkylation sites (N-methyl/N-ethyl adjacent to an activating group) is 1. The van der Waals surface area contributed by atoms with Crippen molar-refractivity contribution < 1.29 is 4.79 Å². The number of nitrogens with two attached hydrogens (primary N) is 1. The standard InChI is InChI=1S/C8H16N2OS/c1-8(2,3)7(11)10(4)5-6(9)12/h5H2,1-4H3,(H2,9,12). The van der Waals surface area contributed by atoms with Crippen molar-refractivity contribution in [3.8, 4) is 0 Å². The molecule has 0 aliphatic rings. The van der Waals surface area contributed by atoms with E-state index in [0.29, 0.717) is 11.5 Å². The normalized spacial score (nSPS) is 11.0. The quantitative estimate of drug-likeness (QED) is 0.651. The number of rotatable bonds is 2. The zero-order valence-electron chi connectivity index (χ0n) is 8.05. The molecule has 0 aromatic rings. The molecule has 0 aliphatic heterocycles. The van der Waals surface area contributed by atoms with E-state index >= 15 is 0 Å². The minimum absolute atomic E-state index is 0.0512. The van der Waals surface area contributed by atoms with Crippen LogP contribution < -0.4 is 5.73 Å². The van der Waals surface area contributed by atoms with E-state index in [0.717, 1.165) is 0 Å². The Labute approximate surface area is 78.9 Å². The van der Waals surface area contributed by atoms with Crippen LogP contribution in [0.4, 0.5) is 0 Å². The van der Waals surface area contributed by atoms with Gasteiger partial charge in [0, 0.05) is 12.5 Å². The molecule has 3 nitrogen and oxygen atoms in total. The summed E-state index contributed by atoms with van der Waals surface area (Å²) in [7, 11) is 1.70. The molecule has 0 fully saturated rings. The number of hydrogen-bond donors (Lipinski definition) is 1. The second-order valence-electron chi connectivity index (χ2n) is 3.88. The molecule has 0 aromatic heterocycles. The van der Waals surface area contributed by atoms with Gasteiger partial charge in [0.1, 0.15) is 0 Å². The van der Waals surface area contributed by atoms with E-state index < -0.39 is 0 Å². The van der Waals surface area contributed by atoms with Crippen LogP contribution in [0, 0.1) is 5.41 Å². The number of hydrogen-bond acceptors (Lipinski definition) is 2. The number of carbonyl (C=O) groups is 1. The lowest BCUT2D eigenvalue weighted by atomic mass is 9.95. The molecule has 2 N–H and O–H groups in total. The van der Waals surface area contributed by atoms with Crippen molar-refractivity contribution in [3.05, 3.63) is 0 Å². The van der Waals surface area contributed by atoms with Crippen LogP contribution in [0.2, 0.25) is 0 Å². The average molecular weight is 188 g/mol. The summed E-state index contributed by atoms with van der Waals surface area (Å²) in [6.45, 7) is 5.95. The van der Waals surface area contributed by atoms with Crippen LogP contribution in [0.3, 0.4) is 0 Å². The molecule has 0 bridgehead atoms. The molecule has 0 spiro atoms. The van der Waals surface area contributed by atoms with Crippen molar-refractivity contribution in [1.29, 1.82) is 0 Å². The molecular formula is C8H16N2OS. The number of carbonyl (C=O) groups excluding carboxylic acids is 1. The molecule has 0 atom stereocenters. The molecule has 0 saturated carbocycles. The molecule has 12 heavy (non-hydrogen) atoms. The lowest BCUT2D eigenvalue weighted by molar-refractivity contribution is -0.137. The van der Waals surface area contributed by atoms with E-state index in [-0.39, 0.29) is 11.3 Å². The van der Waals surface area contributed by atoms with Crippen molar-refractivity contribution in [2.24, 2.45) is 11.1 Å². The third-order valence-electron chi connectivity index (χ3n) is 1.38. The molecule has 0 unspecified atom stereocenters. The maximum atomic E-state index is 11.5. The van der Waals surface area contributed by atoms with Crippen LogP contribution in [0.5, 0.6) is 0 Å². The van der Waals surface area contributed by atoms with E-state index in [2.05, 4.69) is 0 Å². The minimum Gasteiger partial charge on any atom is -0.392 e. The van der Waals surface area contributed by atoms with E-state index in [9.17, 15) is 4.79 Å². The fourth-order valence-electron chi connectivity index (χ4n) is 0.878. The Hall–Kier alpha value is -0.640. The summed E-state index contributed by atoms with van der Waals surface area (Å²) >= 11 is 4.70. The van der Waals surface area contributed by atoms with Gasteiger partial charge in [0.25, 0.3) is 0 Å². The van der Waals surface area contributed by atoms with Gasteiger partial charge < -0.3 is 10.6 Å². The van der Waals surface area contributed by atoms with Crippen LogP contribution in [0.25, 0.3) is 0 Å². The molecule has 1 amide bonds. The maximum absolute atomic E-state index is 11.5. The van der Waals surface area contributed by atoms with Crippen molar-refractivity contribution in [2.45, 2.75) is 20.8 Å². The largest absolute Gasteiger partial charge is 0.392 e. The monoisotopic (exact) mass is 188 g/mol. The van der Waals surface area contributed by atoms with Gasteiger partial charge in [-0.05, 0) is 0 Å². The van der Waals surface area contributed by atoms with E-state index in [4.69, 9.17) is 18.0 Å². The van der Waals surface area contributed by atoms with Crippen LogP contribution in [-0.2, 0) is 4.79 Å². The Morgan fingerprint density at radius 1 is 1.50 bits per heavy atom. The van der Waals surface area contributed by atoms with Gasteiger partial charge in [-0.15, -0.1) is 0 Å². The van der Waals surface area contributed by atoms with Crippen LogP contribution >= 0.6 is 12.2 Å². The molecule has 0 radical (unpaired) electrons. The number of nitrogens with zero attached hydrogens (tertiary/aromatic N) is 1. The summed E-state index contributed by atoms with van der Waals surface area (Å²) in [4.78, 5) is 13.4. The first-order chi connectivity index (χ1) is 5.25. The van der Waals surface area contributed by atoms with Crippen molar-refractivity contribution in [1.82, 2.24) is 4.90 Å². The summed E-state index contributed by atoms with van der Waals surface area (Å²) in [6.07, 6.45) is 0. The summed E-state index contributed by atoms with van der Waals surface area (Å²) < 4.78 is 0.